The van der Waals surface area contributed by atoms with E-state index in [1.807, 2.05) is 37.3 Å². The summed E-state index contributed by atoms with van der Waals surface area (Å²) in [6, 6.07) is 12.1. The van der Waals surface area contributed by atoms with E-state index >= 15 is 0 Å². The molecule has 1 amide bonds. The lowest BCUT2D eigenvalue weighted by molar-refractivity contribution is -0.122. The molecule has 1 N–H and O–H groups in total. The summed E-state index contributed by atoms with van der Waals surface area (Å²) < 4.78 is 11.4. The van der Waals surface area contributed by atoms with E-state index in [0.29, 0.717) is 19.7 Å². The zero-order valence-electron chi connectivity index (χ0n) is 15.9. The summed E-state index contributed by atoms with van der Waals surface area (Å²) in [6.45, 7) is 5.79. The second-order valence-corrected chi connectivity index (χ2v) is 7.93. The SMILES string of the molecule is Cc1cccc(OCCNC(=O)CN(Cc2cccs2)CC2CCCO2)c1. The average molecular weight is 389 g/mol. The number of hydrogen-bond acceptors (Lipinski definition) is 5. The van der Waals surface area contributed by atoms with Crippen LogP contribution in [0.15, 0.2) is 41.8 Å². The number of ether oxygens (including phenoxy) is 2. The molecular weight excluding hydrogens is 360 g/mol. The number of carbonyl (C=O) groups excluding carboxylic acids is 1. The van der Waals surface area contributed by atoms with Crippen LogP contribution in [0.2, 0.25) is 0 Å². The van der Waals surface area contributed by atoms with Crippen molar-refractivity contribution in [3.05, 3.63) is 52.2 Å². The number of hydrogen-bond donors (Lipinski definition) is 1. The summed E-state index contributed by atoms with van der Waals surface area (Å²) in [6.07, 6.45) is 2.43. The second-order valence-electron chi connectivity index (χ2n) is 6.90. The Labute approximate surface area is 165 Å². The molecular formula is C21H28N2O3S. The van der Waals surface area contributed by atoms with Gasteiger partial charge >= 0.3 is 0 Å². The maximum atomic E-state index is 12.4. The fourth-order valence-electron chi connectivity index (χ4n) is 3.21. The molecule has 2 heterocycles. The Hall–Kier alpha value is -1.89. The van der Waals surface area contributed by atoms with Crippen LogP contribution in [-0.2, 0) is 16.1 Å². The molecule has 146 valence electrons. The predicted octanol–water partition coefficient (Wildman–Crippen LogP) is 3.23. The third kappa shape index (κ3) is 6.97. The molecule has 1 aromatic carbocycles. The number of nitrogens with zero attached hydrogens (tertiary/aromatic N) is 1. The first-order valence-corrected chi connectivity index (χ1v) is 10.4. The lowest BCUT2D eigenvalue weighted by Gasteiger charge is -2.24. The van der Waals surface area contributed by atoms with Crippen molar-refractivity contribution in [3.63, 3.8) is 0 Å². The molecule has 0 bridgehead atoms. The molecule has 27 heavy (non-hydrogen) atoms. The van der Waals surface area contributed by atoms with Crippen LogP contribution >= 0.6 is 11.3 Å². The van der Waals surface area contributed by atoms with Gasteiger partial charge in [0, 0.05) is 24.6 Å². The minimum Gasteiger partial charge on any atom is -0.492 e. The van der Waals surface area contributed by atoms with Crippen LogP contribution in [0.3, 0.4) is 0 Å². The van der Waals surface area contributed by atoms with Crippen molar-refractivity contribution in [2.75, 3.05) is 32.8 Å². The van der Waals surface area contributed by atoms with Gasteiger partial charge in [0.15, 0.2) is 0 Å². The summed E-state index contributed by atoms with van der Waals surface area (Å²) in [5, 5.41) is 5.03. The van der Waals surface area contributed by atoms with Crippen LogP contribution in [0.4, 0.5) is 0 Å². The fraction of sp³-hybridized carbons (Fsp3) is 0.476. The molecule has 1 aromatic heterocycles. The number of benzene rings is 1. The van der Waals surface area contributed by atoms with E-state index in [0.717, 1.165) is 43.9 Å². The van der Waals surface area contributed by atoms with Crippen molar-refractivity contribution in [1.29, 1.82) is 0 Å². The molecule has 0 radical (unpaired) electrons. The number of thiophene rings is 1. The molecule has 6 heteroatoms. The van der Waals surface area contributed by atoms with Crippen LogP contribution in [0.25, 0.3) is 0 Å². The first kappa shape index (κ1) is 19.9. The molecule has 1 atom stereocenters. The molecule has 3 rings (SSSR count). The monoisotopic (exact) mass is 388 g/mol. The number of amides is 1. The molecule has 1 fully saturated rings. The maximum Gasteiger partial charge on any atom is 0.234 e. The van der Waals surface area contributed by atoms with E-state index in [2.05, 4.69) is 21.7 Å². The molecule has 2 aromatic rings. The first-order chi connectivity index (χ1) is 13.2. The summed E-state index contributed by atoms with van der Waals surface area (Å²) >= 11 is 1.72. The maximum absolute atomic E-state index is 12.4. The number of aryl methyl sites for hydroxylation is 1. The van der Waals surface area contributed by atoms with Crippen molar-refractivity contribution >= 4 is 17.2 Å². The summed E-state index contributed by atoms with van der Waals surface area (Å²) in [5.41, 5.74) is 1.16. The van der Waals surface area contributed by atoms with Gasteiger partial charge in [0.2, 0.25) is 5.91 Å². The quantitative estimate of drug-likeness (QED) is 0.635. The van der Waals surface area contributed by atoms with Crippen LogP contribution < -0.4 is 10.1 Å². The number of nitrogens with one attached hydrogen (secondary N) is 1. The van der Waals surface area contributed by atoms with Gasteiger partial charge in [-0.2, -0.15) is 0 Å². The highest BCUT2D eigenvalue weighted by Crippen LogP contribution is 2.17. The molecule has 0 aliphatic carbocycles. The number of carbonyl (C=O) groups is 1. The minimum atomic E-state index is 0.0254. The Bertz CT molecular complexity index is 699. The zero-order valence-corrected chi connectivity index (χ0v) is 16.7. The van der Waals surface area contributed by atoms with Crippen molar-refractivity contribution in [1.82, 2.24) is 10.2 Å². The van der Waals surface area contributed by atoms with E-state index < -0.39 is 0 Å². The van der Waals surface area contributed by atoms with Gasteiger partial charge < -0.3 is 14.8 Å². The zero-order chi connectivity index (χ0) is 18.9. The number of rotatable bonds is 10. The topological polar surface area (TPSA) is 50.8 Å². The van der Waals surface area contributed by atoms with Gasteiger partial charge in [-0.15, -0.1) is 11.3 Å². The Morgan fingerprint density at radius 3 is 3.04 bits per heavy atom. The largest absolute Gasteiger partial charge is 0.492 e. The van der Waals surface area contributed by atoms with Gasteiger partial charge in [0.05, 0.1) is 19.2 Å². The Balaban J connectivity index is 1.42. The van der Waals surface area contributed by atoms with Crippen LogP contribution in [0.1, 0.15) is 23.3 Å². The fourth-order valence-corrected chi connectivity index (χ4v) is 3.95. The first-order valence-electron chi connectivity index (χ1n) is 9.51. The average Bonchev–Trinajstić information content (AvgIpc) is 3.33. The summed E-state index contributed by atoms with van der Waals surface area (Å²) in [7, 11) is 0. The highest BCUT2D eigenvalue weighted by molar-refractivity contribution is 7.09. The van der Waals surface area contributed by atoms with Gasteiger partial charge in [-0.1, -0.05) is 18.2 Å². The molecule has 5 nitrogen and oxygen atoms in total. The van der Waals surface area contributed by atoms with Crippen LogP contribution in [-0.4, -0.2) is 49.8 Å². The van der Waals surface area contributed by atoms with Crippen molar-refractivity contribution in [3.8, 4) is 5.75 Å². The van der Waals surface area contributed by atoms with Gasteiger partial charge in [0.25, 0.3) is 0 Å². The third-order valence-corrected chi connectivity index (χ3v) is 5.36. The molecule has 0 saturated carbocycles. The predicted molar refractivity (Wildman–Crippen MR) is 108 cm³/mol. The van der Waals surface area contributed by atoms with E-state index in [4.69, 9.17) is 9.47 Å². The Morgan fingerprint density at radius 2 is 2.30 bits per heavy atom. The smallest absolute Gasteiger partial charge is 0.234 e. The lowest BCUT2D eigenvalue weighted by atomic mass is 10.2. The molecule has 1 aliphatic rings. The van der Waals surface area contributed by atoms with Crippen molar-refractivity contribution in [2.45, 2.75) is 32.4 Å². The third-order valence-electron chi connectivity index (χ3n) is 4.50. The molecule has 1 saturated heterocycles. The molecule has 1 unspecified atom stereocenters. The van der Waals surface area contributed by atoms with E-state index in [1.165, 1.54) is 4.88 Å². The minimum absolute atomic E-state index is 0.0254. The van der Waals surface area contributed by atoms with Gasteiger partial charge in [-0.25, -0.2) is 0 Å². The van der Waals surface area contributed by atoms with Gasteiger partial charge in [-0.05, 0) is 48.9 Å². The molecule has 1 aliphatic heterocycles. The molecule has 0 spiro atoms. The van der Waals surface area contributed by atoms with E-state index in [-0.39, 0.29) is 12.0 Å². The normalized spacial score (nSPS) is 16.6. The summed E-state index contributed by atoms with van der Waals surface area (Å²) in [4.78, 5) is 15.8. The van der Waals surface area contributed by atoms with Crippen molar-refractivity contribution < 1.29 is 14.3 Å². The highest BCUT2D eigenvalue weighted by Gasteiger charge is 2.21. The standard InChI is InChI=1S/C21H28N2O3S/c1-17-5-2-6-18(13-17)26-11-9-22-21(24)16-23(14-19-7-3-10-25-19)15-20-8-4-12-27-20/h2,4-6,8,12-13,19H,3,7,9-11,14-16H2,1H3,(H,22,24). The van der Waals surface area contributed by atoms with E-state index in [1.54, 1.807) is 11.3 Å². The summed E-state index contributed by atoms with van der Waals surface area (Å²) in [5.74, 6) is 0.861. The van der Waals surface area contributed by atoms with Crippen LogP contribution in [0, 0.1) is 6.92 Å². The Morgan fingerprint density at radius 1 is 1.37 bits per heavy atom. The van der Waals surface area contributed by atoms with Gasteiger partial charge in [0.1, 0.15) is 12.4 Å². The van der Waals surface area contributed by atoms with Gasteiger partial charge in [-0.3, -0.25) is 9.69 Å². The van der Waals surface area contributed by atoms with E-state index in [9.17, 15) is 4.79 Å². The van der Waals surface area contributed by atoms with Crippen molar-refractivity contribution in [2.24, 2.45) is 0 Å². The Kier molecular flexibility index (Phi) is 7.68. The lowest BCUT2D eigenvalue weighted by Crippen LogP contribution is -2.41. The van der Waals surface area contributed by atoms with Crippen LogP contribution in [0.5, 0.6) is 5.75 Å². The highest BCUT2D eigenvalue weighted by atomic mass is 32.1. The second kappa shape index (κ2) is 10.4.